The highest BCUT2D eigenvalue weighted by Crippen LogP contribution is 1.91. The van der Waals surface area contributed by atoms with Gasteiger partial charge in [-0.1, -0.05) is 0 Å². The summed E-state index contributed by atoms with van der Waals surface area (Å²) in [6.07, 6.45) is 3.02. The van der Waals surface area contributed by atoms with Crippen LogP contribution in [0.25, 0.3) is 0 Å². The quantitative estimate of drug-likeness (QED) is 0.599. The number of hydrogen-bond donors (Lipinski definition) is 2. The van der Waals surface area contributed by atoms with E-state index in [0.29, 0.717) is 12.4 Å². The summed E-state index contributed by atoms with van der Waals surface area (Å²) >= 11 is 0. The minimum absolute atomic E-state index is 0.141. The summed E-state index contributed by atoms with van der Waals surface area (Å²) in [7, 11) is 0. The van der Waals surface area contributed by atoms with Crippen LogP contribution >= 0.6 is 0 Å². The van der Waals surface area contributed by atoms with Crippen LogP contribution in [-0.4, -0.2) is 17.4 Å². The van der Waals surface area contributed by atoms with Crippen molar-refractivity contribution in [2.45, 2.75) is 6.54 Å². The van der Waals surface area contributed by atoms with E-state index in [2.05, 4.69) is 10.3 Å². The number of nitrogens with one attached hydrogen (secondary N) is 1. The van der Waals surface area contributed by atoms with Gasteiger partial charge in [0.05, 0.1) is 19.3 Å². The molecule has 0 radical (unpaired) electrons. The zero-order chi connectivity index (χ0) is 8.10. The third-order valence-electron chi connectivity index (χ3n) is 1.06. The molecule has 5 nitrogen and oxygen atoms in total. The van der Waals surface area contributed by atoms with Crippen molar-refractivity contribution in [2.24, 2.45) is 5.73 Å². The van der Waals surface area contributed by atoms with E-state index in [1.54, 1.807) is 6.20 Å². The molecule has 0 saturated heterocycles. The Hall–Kier alpha value is -1.36. The van der Waals surface area contributed by atoms with Gasteiger partial charge in [0.25, 0.3) is 0 Å². The Kier molecular flexibility index (Phi) is 2.62. The molecule has 0 atom stereocenters. The first-order valence-corrected chi connectivity index (χ1v) is 3.16. The lowest BCUT2D eigenvalue weighted by molar-refractivity contribution is -0.117. The highest BCUT2D eigenvalue weighted by Gasteiger charge is 1.96. The van der Waals surface area contributed by atoms with Crippen LogP contribution in [0.1, 0.15) is 5.89 Å². The Morgan fingerprint density at radius 2 is 2.64 bits per heavy atom. The molecule has 0 spiro atoms. The van der Waals surface area contributed by atoms with Crippen LogP contribution < -0.4 is 11.1 Å². The van der Waals surface area contributed by atoms with E-state index in [-0.39, 0.29) is 6.54 Å². The van der Waals surface area contributed by atoms with Crippen molar-refractivity contribution in [2.75, 3.05) is 6.54 Å². The van der Waals surface area contributed by atoms with Crippen molar-refractivity contribution in [3.8, 4) is 0 Å². The highest BCUT2D eigenvalue weighted by atomic mass is 16.3. The van der Waals surface area contributed by atoms with Gasteiger partial charge in [-0.25, -0.2) is 4.98 Å². The minimum atomic E-state index is -0.392. The summed E-state index contributed by atoms with van der Waals surface area (Å²) in [5.41, 5.74) is 4.88. The lowest BCUT2D eigenvalue weighted by atomic mass is 10.5. The molecule has 0 saturated carbocycles. The molecular weight excluding hydrogens is 146 g/mol. The van der Waals surface area contributed by atoms with Crippen molar-refractivity contribution in [1.82, 2.24) is 10.3 Å². The zero-order valence-corrected chi connectivity index (χ0v) is 5.91. The second-order valence-corrected chi connectivity index (χ2v) is 2.00. The second kappa shape index (κ2) is 3.72. The van der Waals surface area contributed by atoms with E-state index in [9.17, 15) is 4.79 Å². The van der Waals surface area contributed by atoms with Gasteiger partial charge in [-0.2, -0.15) is 0 Å². The number of aromatic nitrogens is 1. The number of primary amides is 1. The van der Waals surface area contributed by atoms with Crippen LogP contribution in [0.2, 0.25) is 0 Å². The largest absolute Gasteiger partial charge is 0.448 e. The van der Waals surface area contributed by atoms with Crippen molar-refractivity contribution in [3.05, 3.63) is 18.4 Å². The number of amides is 1. The second-order valence-electron chi connectivity index (χ2n) is 2.00. The van der Waals surface area contributed by atoms with Crippen molar-refractivity contribution < 1.29 is 9.21 Å². The molecule has 60 valence electrons. The van der Waals surface area contributed by atoms with Gasteiger partial charge in [-0.05, 0) is 0 Å². The summed E-state index contributed by atoms with van der Waals surface area (Å²) in [6, 6.07) is 0. The van der Waals surface area contributed by atoms with Crippen LogP contribution in [-0.2, 0) is 11.3 Å². The summed E-state index contributed by atoms with van der Waals surface area (Å²) in [4.78, 5) is 14.1. The monoisotopic (exact) mass is 155 g/mol. The SMILES string of the molecule is NC(=O)CNCc1ncco1. The third kappa shape index (κ3) is 2.81. The molecule has 0 unspecified atom stereocenters. The van der Waals surface area contributed by atoms with E-state index in [4.69, 9.17) is 10.2 Å². The Labute approximate surface area is 63.6 Å². The van der Waals surface area contributed by atoms with E-state index < -0.39 is 5.91 Å². The van der Waals surface area contributed by atoms with E-state index in [1.807, 2.05) is 0 Å². The smallest absolute Gasteiger partial charge is 0.231 e. The molecule has 3 N–H and O–H groups in total. The van der Waals surface area contributed by atoms with Crippen molar-refractivity contribution >= 4 is 5.91 Å². The molecule has 5 heteroatoms. The van der Waals surface area contributed by atoms with Gasteiger partial charge in [-0.15, -0.1) is 0 Å². The molecule has 1 rings (SSSR count). The fourth-order valence-corrected chi connectivity index (χ4v) is 0.633. The molecule has 1 aromatic rings. The Balaban J connectivity index is 2.19. The first-order chi connectivity index (χ1) is 5.29. The number of rotatable bonds is 4. The average molecular weight is 155 g/mol. The van der Waals surface area contributed by atoms with Gasteiger partial charge < -0.3 is 10.2 Å². The summed E-state index contributed by atoms with van der Waals surface area (Å²) in [6.45, 7) is 0.568. The topological polar surface area (TPSA) is 81.2 Å². The highest BCUT2D eigenvalue weighted by molar-refractivity contribution is 5.75. The van der Waals surface area contributed by atoms with E-state index >= 15 is 0 Å². The fraction of sp³-hybridized carbons (Fsp3) is 0.333. The van der Waals surface area contributed by atoms with Crippen molar-refractivity contribution in [3.63, 3.8) is 0 Å². The number of carbonyl (C=O) groups is 1. The Bertz CT molecular complexity index is 220. The first-order valence-electron chi connectivity index (χ1n) is 3.16. The molecular formula is C6H9N3O2. The lowest BCUT2D eigenvalue weighted by Gasteiger charge is -1.95. The molecule has 1 aromatic heterocycles. The minimum Gasteiger partial charge on any atom is -0.448 e. The molecule has 0 bridgehead atoms. The predicted molar refractivity (Wildman–Crippen MR) is 37.4 cm³/mol. The Morgan fingerprint density at radius 1 is 1.82 bits per heavy atom. The molecule has 0 fully saturated rings. The van der Waals surface area contributed by atoms with E-state index in [0.717, 1.165) is 0 Å². The van der Waals surface area contributed by atoms with Gasteiger partial charge in [0.1, 0.15) is 6.26 Å². The summed E-state index contributed by atoms with van der Waals surface area (Å²) < 4.78 is 4.89. The Morgan fingerprint density at radius 3 is 3.18 bits per heavy atom. The average Bonchev–Trinajstić information content (AvgIpc) is 2.39. The zero-order valence-electron chi connectivity index (χ0n) is 5.91. The van der Waals surface area contributed by atoms with Gasteiger partial charge in [0, 0.05) is 0 Å². The first kappa shape index (κ1) is 7.74. The van der Waals surface area contributed by atoms with E-state index in [1.165, 1.54) is 6.26 Å². The number of nitrogens with two attached hydrogens (primary N) is 1. The molecule has 0 aliphatic carbocycles. The fourth-order valence-electron chi connectivity index (χ4n) is 0.633. The van der Waals surface area contributed by atoms with Gasteiger partial charge in [0.2, 0.25) is 11.8 Å². The molecule has 1 amide bonds. The standard InChI is InChI=1S/C6H9N3O2/c7-5(10)3-8-4-6-9-1-2-11-6/h1-2,8H,3-4H2,(H2,7,10). The number of hydrogen-bond acceptors (Lipinski definition) is 4. The van der Waals surface area contributed by atoms with Crippen molar-refractivity contribution in [1.29, 1.82) is 0 Å². The molecule has 1 heterocycles. The summed E-state index contributed by atoms with van der Waals surface area (Å²) in [5, 5.41) is 2.76. The number of carbonyl (C=O) groups excluding carboxylic acids is 1. The summed E-state index contributed by atoms with van der Waals surface area (Å²) in [5.74, 6) is 0.155. The maximum atomic E-state index is 10.2. The molecule has 11 heavy (non-hydrogen) atoms. The molecule has 0 aliphatic rings. The maximum Gasteiger partial charge on any atom is 0.231 e. The van der Waals surface area contributed by atoms with Crippen LogP contribution in [0.3, 0.4) is 0 Å². The molecule has 0 aliphatic heterocycles. The van der Waals surface area contributed by atoms with Gasteiger partial charge in [0.15, 0.2) is 0 Å². The number of oxazole rings is 1. The number of nitrogens with zero attached hydrogens (tertiary/aromatic N) is 1. The third-order valence-corrected chi connectivity index (χ3v) is 1.06. The van der Waals surface area contributed by atoms with Crippen LogP contribution in [0.15, 0.2) is 16.9 Å². The predicted octanol–water partition coefficient (Wildman–Crippen LogP) is -0.751. The maximum absolute atomic E-state index is 10.2. The normalized spacial score (nSPS) is 9.82. The van der Waals surface area contributed by atoms with Gasteiger partial charge in [-0.3, -0.25) is 10.1 Å². The van der Waals surface area contributed by atoms with Gasteiger partial charge >= 0.3 is 0 Å². The molecule has 0 aromatic carbocycles. The lowest BCUT2D eigenvalue weighted by Crippen LogP contribution is -2.28. The van der Waals surface area contributed by atoms with Crippen LogP contribution in [0.4, 0.5) is 0 Å². The van der Waals surface area contributed by atoms with Crippen LogP contribution in [0, 0.1) is 0 Å². The van der Waals surface area contributed by atoms with Crippen LogP contribution in [0.5, 0.6) is 0 Å².